The summed E-state index contributed by atoms with van der Waals surface area (Å²) in [6.07, 6.45) is 1.75. The van der Waals surface area contributed by atoms with Gasteiger partial charge in [-0.2, -0.15) is 5.26 Å². The Hall–Kier alpha value is -3.27. The van der Waals surface area contributed by atoms with Gasteiger partial charge in [0.1, 0.15) is 0 Å². The highest BCUT2D eigenvalue weighted by atomic mass is 35.5. The number of carbonyl (C=O) groups is 2. The molecule has 2 heterocycles. The normalized spacial score (nSPS) is 15.1. The number of aromatic nitrogens is 1. The van der Waals surface area contributed by atoms with Crippen LogP contribution in [-0.2, 0) is 4.79 Å². The number of amides is 2. The predicted octanol–water partition coefficient (Wildman–Crippen LogP) is 5.86. The number of anilines is 1. The topological polar surface area (TPSA) is 66.1 Å². The van der Waals surface area contributed by atoms with Crippen LogP contribution >= 0.6 is 23.4 Å². The number of hydrogen-bond acceptors (Lipinski definition) is 4. The van der Waals surface area contributed by atoms with Crippen molar-refractivity contribution < 1.29 is 9.59 Å². The highest BCUT2D eigenvalue weighted by Crippen LogP contribution is 2.37. The molecule has 30 heavy (non-hydrogen) atoms. The van der Waals surface area contributed by atoms with Gasteiger partial charge in [-0.1, -0.05) is 17.7 Å². The van der Waals surface area contributed by atoms with E-state index in [1.807, 2.05) is 36.6 Å². The fourth-order valence-corrected chi connectivity index (χ4v) is 4.48. The van der Waals surface area contributed by atoms with Crippen LogP contribution in [0.25, 0.3) is 11.8 Å². The van der Waals surface area contributed by atoms with Gasteiger partial charge in [-0.05, 0) is 85.8 Å². The molecule has 0 N–H and O–H groups in total. The Bertz CT molecular complexity index is 1250. The maximum atomic E-state index is 12.9. The molecule has 1 aliphatic rings. The minimum absolute atomic E-state index is 0.352. The first kappa shape index (κ1) is 20.0. The maximum Gasteiger partial charge on any atom is 0.298 e. The van der Waals surface area contributed by atoms with Gasteiger partial charge in [0.2, 0.25) is 0 Å². The van der Waals surface area contributed by atoms with Crippen LogP contribution in [0.5, 0.6) is 0 Å². The number of nitriles is 1. The monoisotopic (exact) mass is 433 g/mol. The Morgan fingerprint density at radius 1 is 1.03 bits per heavy atom. The van der Waals surface area contributed by atoms with E-state index in [4.69, 9.17) is 16.9 Å². The van der Waals surface area contributed by atoms with Crippen molar-refractivity contribution in [2.45, 2.75) is 13.8 Å². The van der Waals surface area contributed by atoms with Gasteiger partial charge in [0.15, 0.2) is 0 Å². The van der Waals surface area contributed by atoms with E-state index in [1.54, 1.807) is 42.5 Å². The summed E-state index contributed by atoms with van der Waals surface area (Å²) in [7, 11) is 0. The van der Waals surface area contributed by atoms with Gasteiger partial charge < -0.3 is 4.57 Å². The van der Waals surface area contributed by atoms with Crippen molar-refractivity contribution in [3.8, 4) is 11.8 Å². The first-order valence-corrected chi connectivity index (χ1v) is 10.3. The molecule has 2 aromatic carbocycles. The Morgan fingerprint density at radius 2 is 1.77 bits per heavy atom. The first-order valence-electron chi connectivity index (χ1n) is 9.12. The second kappa shape index (κ2) is 7.86. The Balaban J connectivity index is 1.69. The molecule has 0 atom stereocenters. The minimum atomic E-state index is -0.365. The Kier molecular flexibility index (Phi) is 5.25. The van der Waals surface area contributed by atoms with Crippen LogP contribution in [0.15, 0.2) is 59.5 Å². The fourth-order valence-electron chi connectivity index (χ4n) is 3.46. The Morgan fingerprint density at radius 3 is 2.43 bits per heavy atom. The zero-order chi connectivity index (χ0) is 21.4. The lowest BCUT2D eigenvalue weighted by molar-refractivity contribution is -0.113. The third kappa shape index (κ3) is 3.54. The highest BCUT2D eigenvalue weighted by Gasteiger charge is 2.36. The van der Waals surface area contributed by atoms with Crippen molar-refractivity contribution in [3.05, 3.63) is 87.0 Å². The van der Waals surface area contributed by atoms with Crippen LogP contribution in [0.4, 0.5) is 10.5 Å². The molecule has 1 saturated heterocycles. The summed E-state index contributed by atoms with van der Waals surface area (Å²) in [4.78, 5) is 26.9. The molecule has 0 unspecified atom stereocenters. The van der Waals surface area contributed by atoms with Crippen molar-refractivity contribution in [1.29, 1.82) is 5.26 Å². The smallest absolute Gasteiger partial charge is 0.298 e. The number of benzene rings is 2. The Labute approximate surface area is 183 Å². The zero-order valence-corrected chi connectivity index (χ0v) is 17.8. The number of thioether (sulfide) groups is 1. The molecular weight excluding hydrogens is 418 g/mol. The van der Waals surface area contributed by atoms with E-state index in [1.165, 1.54) is 0 Å². The molecule has 1 aliphatic heterocycles. The molecule has 148 valence electrons. The quantitative estimate of drug-likeness (QED) is 0.485. The first-order chi connectivity index (χ1) is 14.4. The van der Waals surface area contributed by atoms with Crippen LogP contribution in [0, 0.1) is 25.2 Å². The van der Waals surface area contributed by atoms with Crippen LogP contribution < -0.4 is 4.90 Å². The third-order valence-corrected chi connectivity index (χ3v) is 5.98. The molecule has 0 aliphatic carbocycles. The second-order valence-electron chi connectivity index (χ2n) is 6.82. The lowest BCUT2D eigenvalue weighted by Crippen LogP contribution is -2.27. The van der Waals surface area contributed by atoms with Crippen LogP contribution in [0.3, 0.4) is 0 Å². The summed E-state index contributed by atoms with van der Waals surface area (Å²) in [5, 5.41) is 9.11. The minimum Gasteiger partial charge on any atom is -0.318 e. The van der Waals surface area contributed by atoms with Crippen molar-refractivity contribution >= 4 is 46.3 Å². The largest absolute Gasteiger partial charge is 0.318 e. The van der Waals surface area contributed by atoms with Crippen LogP contribution in [0.2, 0.25) is 5.02 Å². The van der Waals surface area contributed by atoms with Gasteiger partial charge in [0.05, 0.1) is 22.2 Å². The van der Waals surface area contributed by atoms with Gasteiger partial charge in [-0.25, -0.2) is 4.90 Å². The van der Waals surface area contributed by atoms with E-state index in [9.17, 15) is 9.59 Å². The molecule has 7 heteroatoms. The standard InChI is InChI=1S/C23H16ClN3O2S/c1-14-10-17(15(2)26(14)19-8-6-16(13-25)7-9-19)11-21-22(28)27(23(29)30-21)20-5-3-4-18(24)12-20/h3-12H,1-2H3/b21-11+. The second-order valence-corrected chi connectivity index (χ2v) is 8.25. The number of aryl methyl sites for hydroxylation is 1. The SMILES string of the molecule is Cc1cc(/C=C2/SC(=O)N(c3cccc(Cl)c3)C2=O)c(C)n1-c1ccc(C#N)cc1. The van der Waals surface area contributed by atoms with E-state index in [-0.39, 0.29) is 11.1 Å². The van der Waals surface area contributed by atoms with Crippen molar-refractivity contribution in [3.63, 3.8) is 0 Å². The van der Waals surface area contributed by atoms with E-state index in [2.05, 4.69) is 6.07 Å². The number of rotatable bonds is 3. The number of halogens is 1. The van der Waals surface area contributed by atoms with Crippen molar-refractivity contribution in [2.75, 3.05) is 4.90 Å². The molecule has 2 amide bonds. The predicted molar refractivity (Wildman–Crippen MR) is 120 cm³/mol. The lowest BCUT2D eigenvalue weighted by Gasteiger charge is -2.12. The molecule has 0 bridgehead atoms. The summed E-state index contributed by atoms with van der Waals surface area (Å²) in [6.45, 7) is 3.93. The molecule has 0 spiro atoms. The molecule has 1 aromatic heterocycles. The average Bonchev–Trinajstić information content (AvgIpc) is 3.16. The van der Waals surface area contributed by atoms with E-state index in [0.717, 1.165) is 39.3 Å². The van der Waals surface area contributed by atoms with Crippen molar-refractivity contribution in [1.82, 2.24) is 4.57 Å². The molecule has 0 saturated carbocycles. The van der Waals surface area contributed by atoms with Gasteiger partial charge in [0, 0.05) is 22.1 Å². The summed E-state index contributed by atoms with van der Waals surface area (Å²) >= 11 is 6.92. The van der Waals surface area contributed by atoms with Gasteiger partial charge >= 0.3 is 0 Å². The van der Waals surface area contributed by atoms with Crippen LogP contribution in [-0.4, -0.2) is 15.7 Å². The number of nitrogens with zero attached hydrogens (tertiary/aromatic N) is 3. The molecular formula is C23H16ClN3O2S. The molecule has 4 rings (SSSR count). The van der Waals surface area contributed by atoms with Crippen LogP contribution in [0.1, 0.15) is 22.5 Å². The summed E-state index contributed by atoms with van der Waals surface area (Å²) in [5.41, 5.74) is 4.75. The van der Waals surface area contributed by atoms with Gasteiger partial charge in [-0.15, -0.1) is 0 Å². The molecule has 3 aromatic rings. The number of carbonyl (C=O) groups excluding carboxylic acids is 2. The lowest BCUT2D eigenvalue weighted by atomic mass is 10.2. The van der Waals surface area contributed by atoms with E-state index >= 15 is 0 Å². The summed E-state index contributed by atoms with van der Waals surface area (Å²) in [5.74, 6) is -0.365. The summed E-state index contributed by atoms with van der Waals surface area (Å²) in [6, 6.07) is 18.1. The number of hydrogen-bond donors (Lipinski definition) is 0. The highest BCUT2D eigenvalue weighted by molar-refractivity contribution is 8.19. The molecule has 5 nitrogen and oxygen atoms in total. The van der Waals surface area contributed by atoms with Crippen molar-refractivity contribution in [2.24, 2.45) is 0 Å². The number of imide groups is 1. The fraction of sp³-hybridized carbons (Fsp3) is 0.0870. The molecule has 1 fully saturated rings. The average molecular weight is 434 g/mol. The summed E-state index contributed by atoms with van der Waals surface area (Å²) < 4.78 is 2.05. The molecule has 0 radical (unpaired) electrons. The van der Waals surface area contributed by atoms with Gasteiger partial charge in [-0.3, -0.25) is 9.59 Å². The zero-order valence-electron chi connectivity index (χ0n) is 16.2. The van der Waals surface area contributed by atoms with E-state index in [0.29, 0.717) is 21.2 Å². The van der Waals surface area contributed by atoms with E-state index < -0.39 is 0 Å². The maximum absolute atomic E-state index is 12.9. The third-order valence-electron chi connectivity index (χ3n) is 4.87. The van der Waals surface area contributed by atoms with Gasteiger partial charge in [0.25, 0.3) is 11.1 Å².